The lowest BCUT2D eigenvalue weighted by molar-refractivity contribution is -0.138. The van der Waals surface area contributed by atoms with Crippen molar-refractivity contribution in [1.82, 2.24) is 0 Å². The van der Waals surface area contributed by atoms with Gasteiger partial charge in [0.1, 0.15) is 6.04 Å². The van der Waals surface area contributed by atoms with Crippen molar-refractivity contribution in [2.75, 3.05) is 6.26 Å². The largest absolute Gasteiger partial charge is 0.480 e. The lowest BCUT2D eigenvalue weighted by Gasteiger charge is -2.13. The second kappa shape index (κ2) is 5.43. The van der Waals surface area contributed by atoms with Gasteiger partial charge in [-0.2, -0.15) is 11.8 Å². The summed E-state index contributed by atoms with van der Waals surface area (Å²) in [4.78, 5) is 10.3. The summed E-state index contributed by atoms with van der Waals surface area (Å²) in [5, 5.41) is 8.86. The average Bonchev–Trinajstić information content (AvgIpc) is 1.99. The SMILES string of the molecule is CCC(CC(N)C(=O)O)SC. The van der Waals surface area contributed by atoms with E-state index in [4.69, 9.17) is 10.8 Å². The van der Waals surface area contributed by atoms with E-state index in [1.165, 1.54) is 0 Å². The summed E-state index contributed by atoms with van der Waals surface area (Å²) in [6.45, 7) is 2.04. The van der Waals surface area contributed by atoms with Crippen molar-refractivity contribution in [2.45, 2.75) is 31.1 Å². The Morgan fingerprint density at radius 3 is 2.55 bits per heavy atom. The highest BCUT2D eigenvalue weighted by atomic mass is 32.2. The van der Waals surface area contributed by atoms with Crippen LogP contribution in [-0.4, -0.2) is 28.6 Å². The van der Waals surface area contributed by atoms with Gasteiger partial charge in [-0.15, -0.1) is 0 Å². The Morgan fingerprint density at radius 2 is 2.27 bits per heavy atom. The molecule has 0 rings (SSSR count). The normalized spacial score (nSPS) is 15.9. The van der Waals surface area contributed by atoms with E-state index in [1.807, 2.05) is 13.2 Å². The van der Waals surface area contributed by atoms with Crippen LogP contribution in [0.1, 0.15) is 19.8 Å². The number of carboxylic acid groups (broad SMARTS) is 1. The van der Waals surface area contributed by atoms with E-state index in [2.05, 4.69) is 0 Å². The minimum atomic E-state index is -0.905. The maximum atomic E-state index is 10.3. The second-order valence-corrected chi connectivity index (χ2v) is 3.58. The molecule has 0 fully saturated rings. The second-order valence-electron chi connectivity index (χ2n) is 2.45. The van der Waals surface area contributed by atoms with Gasteiger partial charge in [-0.1, -0.05) is 6.92 Å². The highest BCUT2D eigenvalue weighted by molar-refractivity contribution is 7.99. The van der Waals surface area contributed by atoms with E-state index in [-0.39, 0.29) is 0 Å². The van der Waals surface area contributed by atoms with Crippen LogP contribution in [0.2, 0.25) is 0 Å². The van der Waals surface area contributed by atoms with Crippen LogP contribution < -0.4 is 5.73 Å². The molecular formula is C7H15NO2S. The fourth-order valence-corrected chi connectivity index (χ4v) is 1.55. The maximum absolute atomic E-state index is 10.3. The molecule has 0 saturated carbocycles. The summed E-state index contributed by atoms with van der Waals surface area (Å²) >= 11 is 1.67. The molecule has 2 atom stereocenters. The zero-order chi connectivity index (χ0) is 8.85. The van der Waals surface area contributed by atoms with Crippen LogP contribution >= 0.6 is 11.8 Å². The number of hydrogen-bond acceptors (Lipinski definition) is 3. The topological polar surface area (TPSA) is 63.3 Å². The molecule has 0 aromatic carbocycles. The summed E-state index contributed by atoms with van der Waals surface area (Å²) in [6.07, 6.45) is 3.51. The predicted octanol–water partition coefficient (Wildman–Crippen LogP) is 0.930. The van der Waals surface area contributed by atoms with Crippen molar-refractivity contribution in [1.29, 1.82) is 0 Å². The number of hydrogen-bond donors (Lipinski definition) is 2. The van der Waals surface area contributed by atoms with Gasteiger partial charge in [-0.25, -0.2) is 0 Å². The standard InChI is InChI=1S/C7H15NO2S/c1-3-5(11-2)4-6(8)7(9)10/h5-6H,3-4,8H2,1-2H3,(H,9,10). The van der Waals surface area contributed by atoms with Crippen molar-refractivity contribution < 1.29 is 9.90 Å². The third kappa shape index (κ3) is 4.27. The summed E-state index contributed by atoms with van der Waals surface area (Å²) < 4.78 is 0. The van der Waals surface area contributed by atoms with Gasteiger partial charge in [0, 0.05) is 5.25 Å². The third-order valence-corrected chi connectivity index (χ3v) is 2.82. The maximum Gasteiger partial charge on any atom is 0.320 e. The van der Waals surface area contributed by atoms with E-state index in [0.29, 0.717) is 11.7 Å². The molecule has 0 aromatic rings. The van der Waals surface area contributed by atoms with E-state index in [0.717, 1.165) is 6.42 Å². The van der Waals surface area contributed by atoms with Gasteiger partial charge in [0.05, 0.1) is 0 Å². The molecule has 4 heteroatoms. The molecule has 2 unspecified atom stereocenters. The van der Waals surface area contributed by atoms with E-state index in [9.17, 15) is 4.79 Å². The van der Waals surface area contributed by atoms with Crippen LogP contribution in [0.15, 0.2) is 0 Å². The highest BCUT2D eigenvalue weighted by Crippen LogP contribution is 2.15. The van der Waals surface area contributed by atoms with Gasteiger partial charge in [-0.05, 0) is 19.1 Å². The Bertz CT molecular complexity index is 126. The molecule has 0 heterocycles. The number of carbonyl (C=O) groups is 1. The van der Waals surface area contributed by atoms with Crippen LogP contribution in [0.4, 0.5) is 0 Å². The van der Waals surface area contributed by atoms with Crippen molar-refractivity contribution in [3.63, 3.8) is 0 Å². The van der Waals surface area contributed by atoms with Crippen LogP contribution in [0.25, 0.3) is 0 Å². The van der Waals surface area contributed by atoms with Crippen LogP contribution in [0, 0.1) is 0 Å². The van der Waals surface area contributed by atoms with Gasteiger partial charge in [0.25, 0.3) is 0 Å². The summed E-state index contributed by atoms with van der Waals surface area (Å²) in [7, 11) is 0. The number of thioether (sulfide) groups is 1. The molecule has 0 radical (unpaired) electrons. The van der Waals surface area contributed by atoms with E-state index >= 15 is 0 Å². The summed E-state index contributed by atoms with van der Waals surface area (Å²) in [5.74, 6) is -0.905. The van der Waals surface area contributed by atoms with Gasteiger partial charge >= 0.3 is 5.97 Å². The molecular weight excluding hydrogens is 162 g/mol. The molecule has 0 amide bonds. The molecule has 3 N–H and O–H groups in total. The van der Waals surface area contributed by atoms with Crippen LogP contribution in [0.3, 0.4) is 0 Å². The molecule has 0 aliphatic rings. The monoisotopic (exact) mass is 177 g/mol. The first-order valence-corrected chi connectivity index (χ1v) is 4.91. The average molecular weight is 177 g/mol. The summed E-state index contributed by atoms with van der Waals surface area (Å²) in [6, 6.07) is -0.701. The molecule has 0 saturated heterocycles. The Hall–Kier alpha value is -0.220. The van der Waals surface area contributed by atoms with Crippen molar-refractivity contribution in [3.05, 3.63) is 0 Å². The summed E-state index contributed by atoms with van der Waals surface area (Å²) in [5.41, 5.74) is 5.36. The number of nitrogens with two attached hydrogens (primary N) is 1. The zero-order valence-electron chi connectivity index (χ0n) is 6.91. The highest BCUT2D eigenvalue weighted by Gasteiger charge is 2.16. The quantitative estimate of drug-likeness (QED) is 0.655. The Morgan fingerprint density at radius 1 is 1.73 bits per heavy atom. The fraction of sp³-hybridized carbons (Fsp3) is 0.857. The van der Waals surface area contributed by atoms with Crippen molar-refractivity contribution in [3.8, 4) is 0 Å². The number of carboxylic acids is 1. The first-order chi connectivity index (χ1) is 5.11. The lowest BCUT2D eigenvalue weighted by Crippen LogP contribution is -2.32. The van der Waals surface area contributed by atoms with Gasteiger partial charge in [0.15, 0.2) is 0 Å². The Labute approximate surface area is 71.3 Å². The minimum Gasteiger partial charge on any atom is -0.480 e. The van der Waals surface area contributed by atoms with Crippen LogP contribution in [-0.2, 0) is 4.79 Å². The van der Waals surface area contributed by atoms with E-state index < -0.39 is 12.0 Å². The lowest BCUT2D eigenvalue weighted by atomic mass is 10.1. The first-order valence-electron chi connectivity index (χ1n) is 3.63. The molecule has 66 valence electrons. The zero-order valence-corrected chi connectivity index (χ0v) is 7.73. The molecule has 0 aromatic heterocycles. The Balaban J connectivity index is 3.71. The van der Waals surface area contributed by atoms with E-state index in [1.54, 1.807) is 11.8 Å². The van der Waals surface area contributed by atoms with Crippen molar-refractivity contribution in [2.24, 2.45) is 5.73 Å². The molecule has 0 bridgehead atoms. The fourth-order valence-electron chi connectivity index (χ4n) is 0.814. The Kier molecular flexibility index (Phi) is 5.32. The molecule has 0 aliphatic heterocycles. The van der Waals surface area contributed by atoms with Gasteiger partial charge < -0.3 is 10.8 Å². The molecule has 0 aliphatic carbocycles. The number of rotatable bonds is 5. The van der Waals surface area contributed by atoms with Gasteiger partial charge in [0.2, 0.25) is 0 Å². The molecule has 11 heavy (non-hydrogen) atoms. The molecule has 0 spiro atoms. The van der Waals surface area contributed by atoms with Gasteiger partial charge in [-0.3, -0.25) is 4.79 Å². The minimum absolute atomic E-state index is 0.376. The number of aliphatic carboxylic acids is 1. The predicted molar refractivity (Wildman–Crippen MR) is 47.8 cm³/mol. The first kappa shape index (κ1) is 10.8. The van der Waals surface area contributed by atoms with Crippen molar-refractivity contribution >= 4 is 17.7 Å². The third-order valence-electron chi connectivity index (χ3n) is 1.62. The van der Waals surface area contributed by atoms with Crippen LogP contribution in [0.5, 0.6) is 0 Å². The smallest absolute Gasteiger partial charge is 0.320 e. The molecule has 3 nitrogen and oxygen atoms in total.